The van der Waals surface area contributed by atoms with Crippen molar-refractivity contribution in [2.75, 3.05) is 80.8 Å². The molecular weight excluding hydrogens is 1230 g/mol. The standard InChI is InChI=1S/C36H40N4O3.C27H34BrN3O2.C9H7NO.C4H12N2/c1-26(23-27-14-16-30(17-15-27)39-21-18-28-9-3-4-11-31(28)36(39)42)24-34(41)38-19-7-10-29(25-38)35-37-32-12-5-6-13-33(32)40(35)20-8-22-43-2;1-20(17-21-10-12-23(28)13-11-21)18-26(32)30-14-5-7-22(19-30)27-29-24-8-3-4-9-25(24)31(27)15-6-16-33-2;11-9-8-4-2-1-3-7(8)5-6-10-9;1-5-3-4-6-2/h3-6,9,11-18,21,26,29H,7-8,10,19-20,22-25H2,1-2H3;3-4,8-13,20,22H,5-7,14-19H2,1-2H3;1-6H,(H,10,11);5-6H,3-4H2,1-2H3/t26-,29-;20-,22-;;/m11../s1. The monoisotopic (exact) mass is 1320 g/mol. The van der Waals surface area contributed by atoms with Gasteiger partial charge in [0.2, 0.25) is 11.8 Å². The molecule has 6 heterocycles. The first-order chi connectivity index (χ1) is 45.3. The Morgan fingerprint density at radius 1 is 0.591 bits per heavy atom. The van der Waals surface area contributed by atoms with E-state index in [0.29, 0.717) is 37.3 Å². The number of ether oxygens (including phenoxy) is 2. The minimum Gasteiger partial charge on any atom is -0.385 e. The van der Waals surface area contributed by atoms with E-state index in [9.17, 15) is 19.2 Å². The van der Waals surface area contributed by atoms with Gasteiger partial charge in [0.05, 0.1) is 22.1 Å². The molecule has 3 N–H and O–H groups in total. The number of H-pyrrole nitrogens is 1. The Kier molecular flexibility index (Phi) is 26.3. The number of rotatable bonds is 22. The van der Waals surface area contributed by atoms with E-state index in [0.717, 1.165) is 158 Å². The molecule has 0 spiro atoms. The number of likely N-dealkylation sites (tertiary alicyclic amines) is 2. The molecule has 0 unspecified atom stereocenters. The maximum absolute atomic E-state index is 13.5. The molecule has 2 fully saturated rings. The van der Waals surface area contributed by atoms with Gasteiger partial charge in [-0.3, -0.25) is 23.7 Å². The Bertz CT molecular complexity index is 4100. The summed E-state index contributed by atoms with van der Waals surface area (Å²) in [5.41, 5.74) is 7.63. The molecule has 0 bridgehead atoms. The molecule has 0 radical (unpaired) electrons. The van der Waals surface area contributed by atoms with Crippen molar-refractivity contribution in [1.29, 1.82) is 0 Å². The molecule has 490 valence electrons. The van der Waals surface area contributed by atoms with Crippen LogP contribution in [0.5, 0.6) is 0 Å². The first-order valence-corrected chi connectivity index (χ1v) is 33.9. The van der Waals surface area contributed by atoms with Gasteiger partial charge in [0.25, 0.3) is 11.1 Å². The lowest BCUT2D eigenvalue weighted by atomic mass is 9.94. The molecule has 6 aromatic carbocycles. The highest BCUT2D eigenvalue weighted by atomic mass is 79.9. The van der Waals surface area contributed by atoms with Crippen molar-refractivity contribution in [1.82, 2.24) is 49.1 Å². The normalized spacial score (nSPS) is 15.4. The van der Waals surface area contributed by atoms with Crippen molar-refractivity contribution in [3.8, 4) is 5.69 Å². The zero-order valence-electron chi connectivity index (χ0n) is 55.1. The van der Waals surface area contributed by atoms with E-state index >= 15 is 0 Å². The summed E-state index contributed by atoms with van der Waals surface area (Å²) in [7, 11) is 7.37. The molecule has 2 aliphatic rings. The van der Waals surface area contributed by atoms with E-state index in [4.69, 9.17) is 19.4 Å². The number of hydrogen-bond acceptors (Lipinski definition) is 10. The summed E-state index contributed by atoms with van der Waals surface area (Å²) in [6, 6.07) is 52.2. The molecule has 2 saturated heterocycles. The van der Waals surface area contributed by atoms with Crippen molar-refractivity contribution in [3.05, 3.63) is 218 Å². The van der Waals surface area contributed by atoms with Crippen molar-refractivity contribution < 1.29 is 19.1 Å². The summed E-state index contributed by atoms with van der Waals surface area (Å²) < 4.78 is 18.1. The van der Waals surface area contributed by atoms with Gasteiger partial charge in [-0.15, -0.1) is 0 Å². The minimum atomic E-state index is -0.0249. The molecule has 16 nitrogen and oxygen atoms in total. The topological polar surface area (TPSA) is 174 Å². The summed E-state index contributed by atoms with van der Waals surface area (Å²) in [6.07, 6.45) is 12.3. The number of pyridine rings is 2. The average molecular weight is 1320 g/mol. The van der Waals surface area contributed by atoms with Crippen LogP contribution in [0.3, 0.4) is 0 Å². The summed E-state index contributed by atoms with van der Waals surface area (Å²) >= 11 is 3.49. The molecule has 0 saturated carbocycles. The number of fused-ring (bicyclic) bond motifs is 4. The quantitative estimate of drug-likeness (QED) is 0.0554. The Morgan fingerprint density at radius 3 is 1.55 bits per heavy atom. The number of aromatic nitrogens is 6. The number of benzene rings is 6. The van der Waals surface area contributed by atoms with E-state index in [-0.39, 0.29) is 40.7 Å². The minimum absolute atomic E-state index is 0.0183. The van der Waals surface area contributed by atoms with Crippen molar-refractivity contribution in [2.45, 2.75) is 103 Å². The number of piperidine rings is 2. The summed E-state index contributed by atoms with van der Waals surface area (Å²) in [6.45, 7) is 12.8. The van der Waals surface area contributed by atoms with Crippen LogP contribution in [0.2, 0.25) is 0 Å². The third-order valence-corrected chi connectivity index (χ3v) is 18.1. The number of aryl methyl sites for hydroxylation is 2. The van der Waals surface area contributed by atoms with Gasteiger partial charge in [0, 0.05) is 138 Å². The van der Waals surface area contributed by atoms with Gasteiger partial charge >= 0.3 is 0 Å². The predicted molar refractivity (Wildman–Crippen MR) is 381 cm³/mol. The number of aromatic amines is 1. The van der Waals surface area contributed by atoms with Crippen molar-refractivity contribution in [3.63, 3.8) is 0 Å². The lowest BCUT2D eigenvalue weighted by molar-refractivity contribution is -0.134. The number of methoxy groups -OCH3 is 2. The zero-order chi connectivity index (χ0) is 65.5. The number of halogens is 1. The number of likely N-dealkylation sites (N-methyl/N-ethyl adjacent to an activating group) is 2. The summed E-state index contributed by atoms with van der Waals surface area (Å²) in [4.78, 5) is 67.6. The molecule has 2 amide bonds. The molecule has 17 heteroatoms. The number of nitrogens with zero attached hydrogens (tertiary/aromatic N) is 7. The first kappa shape index (κ1) is 69.3. The van der Waals surface area contributed by atoms with Gasteiger partial charge in [0.15, 0.2) is 0 Å². The van der Waals surface area contributed by atoms with Crippen LogP contribution in [0.1, 0.15) is 99.8 Å². The van der Waals surface area contributed by atoms with E-state index < -0.39 is 0 Å². The zero-order valence-corrected chi connectivity index (χ0v) is 56.7. The number of hydrogen-bond donors (Lipinski definition) is 3. The third kappa shape index (κ3) is 19.1. The van der Waals surface area contributed by atoms with Gasteiger partial charge in [-0.05, 0) is 172 Å². The Morgan fingerprint density at radius 2 is 1.05 bits per heavy atom. The lowest BCUT2D eigenvalue weighted by Gasteiger charge is -2.33. The van der Waals surface area contributed by atoms with Crippen LogP contribution >= 0.6 is 15.9 Å². The summed E-state index contributed by atoms with van der Waals surface area (Å²) in [5.74, 6) is 3.73. The largest absolute Gasteiger partial charge is 0.385 e. The Labute approximate surface area is 555 Å². The Hall–Kier alpha value is -8.06. The van der Waals surface area contributed by atoms with Gasteiger partial charge < -0.3 is 44.0 Å². The molecule has 2 aliphatic heterocycles. The SMILES string of the molecule is CNCCNC.COCCCn1c([C@@H]2CCCN(C(=O)C[C@H](C)Cc3ccc(-n4ccc5ccccc5c4=O)cc3)C2)nc2ccccc21.COCCCn1c([C@@H]2CCCN(C(=O)C[C@H](C)Cc3ccc(Br)cc3)C2)nc2ccccc21.O=c1[nH]ccc2ccccc12. The van der Waals surface area contributed by atoms with E-state index in [2.05, 4.69) is 137 Å². The molecule has 0 aliphatic carbocycles. The predicted octanol–water partition coefficient (Wildman–Crippen LogP) is 13.1. The third-order valence-electron chi connectivity index (χ3n) is 17.6. The first-order valence-electron chi connectivity index (χ1n) is 33.1. The molecular formula is C76H93BrN10O6. The van der Waals surface area contributed by atoms with Crippen LogP contribution in [-0.4, -0.2) is 131 Å². The second-order valence-corrected chi connectivity index (χ2v) is 25.7. The molecule has 4 atom stereocenters. The second kappa shape index (κ2) is 35.3. The van der Waals surface area contributed by atoms with E-state index in [1.54, 1.807) is 25.0 Å². The molecule has 93 heavy (non-hydrogen) atoms. The average Bonchev–Trinajstić information content (AvgIpc) is 1.85. The van der Waals surface area contributed by atoms with E-state index in [1.165, 1.54) is 16.6 Å². The van der Waals surface area contributed by atoms with Crippen LogP contribution < -0.4 is 21.8 Å². The van der Waals surface area contributed by atoms with Crippen LogP contribution in [0.25, 0.3) is 49.3 Å². The van der Waals surface area contributed by atoms with Crippen LogP contribution in [-0.2, 0) is 45.0 Å². The molecule has 4 aromatic heterocycles. The lowest BCUT2D eigenvalue weighted by Crippen LogP contribution is -2.40. The fourth-order valence-electron chi connectivity index (χ4n) is 12.8. The highest BCUT2D eigenvalue weighted by molar-refractivity contribution is 9.10. The van der Waals surface area contributed by atoms with E-state index in [1.807, 2.05) is 105 Å². The fraction of sp³-hybridized carbons (Fsp3) is 0.395. The highest BCUT2D eigenvalue weighted by Gasteiger charge is 2.31. The maximum atomic E-state index is 13.5. The number of amides is 2. The van der Waals surface area contributed by atoms with Gasteiger partial charge in [-0.25, -0.2) is 9.97 Å². The van der Waals surface area contributed by atoms with Gasteiger partial charge in [0.1, 0.15) is 11.6 Å². The van der Waals surface area contributed by atoms with Crippen molar-refractivity contribution >= 4 is 71.4 Å². The highest BCUT2D eigenvalue weighted by Crippen LogP contribution is 2.33. The van der Waals surface area contributed by atoms with Gasteiger partial charge in [-0.1, -0.05) is 115 Å². The molecule has 10 aromatic rings. The van der Waals surface area contributed by atoms with Crippen LogP contribution in [0.15, 0.2) is 184 Å². The number of nitrogens with one attached hydrogen (secondary N) is 3. The number of para-hydroxylation sites is 4. The van der Waals surface area contributed by atoms with Gasteiger partial charge in [-0.2, -0.15) is 0 Å². The van der Waals surface area contributed by atoms with Crippen LogP contribution in [0, 0.1) is 11.8 Å². The summed E-state index contributed by atoms with van der Waals surface area (Å²) in [5, 5.41) is 9.40. The second-order valence-electron chi connectivity index (χ2n) is 24.8. The Balaban J connectivity index is 0.000000178. The molecule has 12 rings (SSSR count). The number of carbonyl (C=O) groups excluding carboxylic acids is 2. The van der Waals surface area contributed by atoms with Crippen molar-refractivity contribution in [2.24, 2.45) is 11.8 Å². The maximum Gasteiger partial charge on any atom is 0.262 e. The fourth-order valence-corrected chi connectivity index (χ4v) is 13.1. The smallest absolute Gasteiger partial charge is 0.262 e. The number of imidazole rings is 2. The van der Waals surface area contributed by atoms with Crippen LogP contribution in [0.4, 0.5) is 0 Å². The number of carbonyl (C=O) groups is 2.